The van der Waals surface area contributed by atoms with Gasteiger partial charge in [-0.2, -0.15) is 5.26 Å². The highest BCUT2D eigenvalue weighted by atomic mass is 79.9. The summed E-state index contributed by atoms with van der Waals surface area (Å²) in [6.45, 7) is 2.02. The van der Waals surface area contributed by atoms with E-state index in [0.717, 1.165) is 10.0 Å². The maximum atomic E-state index is 8.54. The topological polar surface area (TPSA) is 23.8 Å². The first-order valence-corrected chi connectivity index (χ1v) is 5.15. The Labute approximate surface area is 91.5 Å². The normalized spacial score (nSPS) is 12.2. The highest BCUT2D eigenvalue weighted by molar-refractivity contribution is 9.10. The number of nitrogens with zero attached hydrogens (tertiary/aromatic N) is 1. The lowest BCUT2D eigenvalue weighted by molar-refractivity contribution is 1.01. The summed E-state index contributed by atoms with van der Waals surface area (Å²) < 4.78 is 1.02. The van der Waals surface area contributed by atoms with Crippen LogP contribution in [0.1, 0.15) is 11.1 Å². The Morgan fingerprint density at radius 2 is 2.31 bits per heavy atom. The zero-order valence-electron chi connectivity index (χ0n) is 7.22. The molecule has 0 fully saturated rings. The van der Waals surface area contributed by atoms with E-state index in [1.807, 2.05) is 31.2 Å². The Morgan fingerprint density at radius 3 is 2.85 bits per heavy atom. The lowest BCUT2D eigenvalue weighted by Crippen LogP contribution is -2.00. The number of hydrogen-bond acceptors (Lipinski definition) is 1. The van der Waals surface area contributed by atoms with E-state index in [4.69, 9.17) is 16.9 Å². The van der Waals surface area contributed by atoms with Crippen molar-refractivity contribution in [3.63, 3.8) is 0 Å². The van der Waals surface area contributed by atoms with Gasteiger partial charge in [-0.05, 0) is 24.1 Å². The summed E-state index contributed by atoms with van der Waals surface area (Å²) in [7, 11) is 0. The predicted molar refractivity (Wildman–Crippen MR) is 57.8 cm³/mol. The molecular formula is C10H9BrClN. The van der Waals surface area contributed by atoms with Crippen molar-refractivity contribution in [3.8, 4) is 6.07 Å². The number of aryl methyl sites for hydroxylation is 1. The van der Waals surface area contributed by atoms with Gasteiger partial charge in [-0.25, -0.2) is 0 Å². The van der Waals surface area contributed by atoms with Gasteiger partial charge in [0.25, 0.3) is 0 Å². The predicted octanol–water partition coefficient (Wildman–Crippen LogP) is 3.43. The average molecular weight is 259 g/mol. The molecule has 13 heavy (non-hydrogen) atoms. The molecule has 0 radical (unpaired) electrons. The van der Waals surface area contributed by atoms with Crippen molar-refractivity contribution in [2.24, 2.45) is 0 Å². The highest BCUT2D eigenvalue weighted by Gasteiger charge is 2.06. The van der Waals surface area contributed by atoms with Crippen LogP contribution in [0.15, 0.2) is 22.7 Å². The van der Waals surface area contributed by atoms with Crippen LogP contribution in [0.3, 0.4) is 0 Å². The Bertz CT molecular complexity index is 343. The quantitative estimate of drug-likeness (QED) is 0.746. The molecule has 3 heteroatoms. The van der Waals surface area contributed by atoms with E-state index >= 15 is 0 Å². The molecule has 0 unspecified atom stereocenters. The molecule has 1 aromatic rings. The molecule has 0 aromatic heterocycles. The van der Waals surface area contributed by atoms with E-state index in [1.54, 1.807) is 0 Å². The van der Waals surface area contributed by atoms with E-state index in [9.17, 15) is 0 Å². The van der Waals surface area contributed by atoms with Gasteiger partial charge in [0.05, 0.1) is 6.07 Å². The third-order valence-electron chi connectivity index (χ3n) is 1.75. The minimum atomic E-state index is -0.445. The van der Waals surface area contributed by atoms with Crippen LogP contribution in [-0.2, 0) is 6.42 Å². The second-order valence-corrected chi connectivity index (χ2v) is 4.28. The number of halogens is 2. The standard InChI is InChI=1S/C10H9BrClN/c1-7-2-3-8(10(11)4-7)5-9(12)6-13/h2-4,9H,5H2,1H3/t9-/m0/s1. The molecule has 0 heterocycles. The van der Waals surface area contributed by atoms with E-state index in [-0.39, 0.29) is 0 Å². The van der Waals surface area contributed by atoms with Crippen LogP contribution in [0.25, 0.3) is 0 Å². The van der Waals surface area contributed by atoms with Crippen molar-refractivity contribution in [1.82, 2.24) is 0 Å². The summed E-state index contributed by atoms with van der Waals surface area (Å²) in [6, 6.07) is 8.03. The lowest BCUT2D eigenvalue weighted by Gasteiger charge is -2.05. The average Bonchev–Trinajstić information content (AvgIpc) is 2.09. The van der Waals surface area contributed by atoms with Gasteiger partial charge in [0.15, 0.2) is 0 Å². The number of benzene rings is 1. The van der Waals surface area contributed by atoms with Crippen molar-refractivity contribution in [2.45, 2.75) is 18.7 Å². The Kier molecular flexibility index (Phi) is 3.77. The summed E-state index contributed by atoms with van der Waals surface area (Å²) in [5.74, 6) is 0. The zero-order valence-corrected chi connectivity index (χ0v) is 9.56. The van der Waals surface area contributed by atoms with Gasteiger partial charge >= 0.3 is 0 Å². The maximum absolute atomic E-state index is 8.54. The summed E-state index contributed by atoms with van der Waals surface area (Å²) in [5.41, 5.74) is 2.27. The van der Waals surface area contributed by atoms with Crippen molar-refractivity contribution < 1.29 is 0 Å². The molecule has 0 aliphatic carbocycles. The number of rotatable bonds is 2. The van der Waals surface area contributed by atoms with Gasteiger partial charge in [0.2, 0.25) is 0 Å². The van der Waals surface area contributed by atoms with Crippen molar-refractivity contribution in [2.75, 3.05) is 0 Å². The van der Waals surface area contributed by atoms with Gasteiger partial charge in [-0.3, -0.25) is 0 Å². The number of hydrogen-bond donors (Lipinski definition) is 0. The Morgan fingerprint density at radius 1 is 1.62 bits per heavy atom. The fourth-order valence-corrected chi connectivity index (χ4v) is 1.88. The Balaban J connectivity index is 2.85. The first-order chi connectivity index (χ1) is 6.13. The maximum Gasteiger partial charge on any atom is 0.124 e. The molecule has 68 valence electrons. The van der Waals surface area contributed by atoms with Crippen LogP contribution in [-0.4, -0.2) is 5.38 Å². The molecule has 1 rings (SSSR count). The van der Waals surface area contributed by atoms with Gasteiger partial charge in [0.1, 0.15) is 5.38 Å². The summed E-state index contributed by atoms with van der Waals surface area (Å²) >= 11 is 9.17. The summed E-state index contributed by atoms with van der Waals surface area (Å²) in [6.07, 6.45) is 0.582. The molecule has 0 amide bonds. The van der Waals surface area contributed by atoms with Crippen molar-refractivity contribution in [3.05, 3.63) is 33.8 Å². The van der Waals surface area contributed by atoms with Crippen molar-refractivity contribution >= 4 is 27.5 Å². The molecular weight excluding hydrogens is 249 g/mol. The van der Waals surface area contributed by atoms with Crippen LogP contribution in [0.4, 0.5) is 0 Å². The molecule has 0 N–H and O–H groups in total. The van der Waals surface area contributed by atoms with Crippen molar-refractivity contribution in [1.29, 1.82) is 5.26 Å². The minimum absolute atomic E-state index is 0.445. The van der Waals surface area contributed by atoms with E-state index in [0.29, 0.717) is 6.42 Å². The van der Waals surface area contributed by atoms with E-state index in [1.165, 1.54) is 5.56 Å². The molecule has 0 saturated carbocycles. The smallest absolute Gasteiger partial charge is 0.124 e. The van der Waals surface area contributed by atoms with Crippen LogP contribution in [0.5, 0.6) is 0 Å². The molecule has 0 spiro atoms. The molecule has 1 aromatic carbocycles. The fraction of sp³-hybridized carbons (Fsp3) is 0.300. The largest absolute Gasteiger partial charge is 0.197 e. The first kappa shape index (κ1) is 10.6. The lowest BCUT2D eigenvalue weighted by atomic mass is 10.1. The second-order valence-electron chi connectivity index (χ2n) is 2.90. The second kappa shape index (κ2) is 4.64. The van der Waals surface area contributed by atoms with Crippen LogP contribution < -0.4 is 0 Å². The fourth-order valence-electron chi connectivity index (χ4n) is 1.06. The first-order valence-electron chi connectivity index (χ1n) is 3.92. The van der Waals surface area contributed by atoms with E-state index < -0.39 is 5.38 Å². The van der Waals surface area contributed by atoms with Crippen LogP contribution in [0, 0.1) is 18.3 Å². The number of alkyl halides is 1. The molecule has 1 atom stereocenters. The third kappa shape index (κ3) is 3.02. The van der Waals surface area contributed by atoms with Gasteiger partial charge in [-0.15, -0.1) is 11.6 Å². The molecule has 0 aliphatic rings. The highest BCUT2D eigenvalue weighted by Crippen LogP contribution is 2.20. The summed E-state index contributed by atoms with van der Waals surface area (Å²) in [5, 5.41) is 8.10. The molecule has 0 saturated heterocycles. The van der Waals surface area contributed by atoms with Gasteiger partial charge in [0, 0.05) is 10.9 Å². The Hall–Kier alpha value is -0.520. The van der Waals surface area contributed by atoms with Crippen LogP contribution >= 0.6 is 27.5 Å². The minimum Gasteiger partial charge on any atom is -0.197 e. The third-order valence-corrected chi connectivity index (χ3v) is 2.74. The SMILES string of the molecule is Cc1ccc(C[C@H](Cl)C#N)c(Br)c1. The monoisotopic (exact) mass is 257 g/mol. The van der Waals surface area contributed by atoms with E-state index in [2.05, 4.69) is 15.9 Å². The molecule has 0 bridgehead atoms. The van der Waals surface area contributed by atoms with Crippen LogP contribution in [0.2, 0.25) is 0 Å². The zero-order chi connectivity index (χ0) is 9.84. The molecule has 1 nitrogen and oxygen atoms in total. The number of nitriles is 1. The van der Waals surface area contributed by atoms with Gasteiger partial charge < -0.3 is 0 Å². The molecule has 0 aliphatic heterocycles. The van der Waals surface area contributed by atoms with Gasteiger partial charge in [-0.1, -0.05) is 28.1 Å². The summed E-state index contributed by atoms with van der Waals surface area (Å²) in [4.78, 5) is 0.